The molecule has 1 aliphatic rings. The molecule has 178 valence electrons. The van der Waals surface area contributed by atoms with Crippen LogP contribution in [-0.4, -0.2) is 56.9 Å². The topological polar surface area (TPSA) is 105 Å². The van der Waals surface area contributed by atoms with Crippen LogP contribution in [0.15, 0.2) is 53.4 Å². The summed E-state index contributed by atoms with van der Waals surface area (Å²) in [5, 5.41) is 5.46. The number of hydrogen-bond donors (Lipinski definition) is 2. The Morgan fingerprint density at radius 2 is 1.64 bits per heavy atom. The van der Waals surface area contributed by atoms with E-state index in [1.165, 1.54) is 40.7 Å². The van der Waals surface area contributed by atoms with E-state index in [4.69, 9.17) is 4.74 Å². The number of morpholine rings is 1. The van der Waals surface area contributed by atoms with Gasteiger partial charge in [0, 0.05) is 25.2 Å². The van der Waals surface area contributed by atoms with Gasteiger partial charge in [0.15, 0.2) is 0 Å². The monoisotopic (exact) mass is 477 g/mol. The number of hydrogen-bond acceptors (Lipinski definition) is 5. The molecule has 1 saturated heterocycles. The molecule has 1 heterocycles. The zero-order valence-electron chi connectivity index (χ0n) is 18.6. The first-order valence-corrected chi connectivity index (χ1v) is 12.1. The van der Waals surface area contributed by atoms with Gasteiger partial charge in [-0.1, -0.05) is 26.0 Å². The van der Waals surface area contributed by atoms with E-state index in [2.05, 4.69) is 10.6 Å². The van der Waals surface area contributed by atoms with Gasteiger partial charge in [0.2, 0.25) is 15.9 Å². The molecule has 1 atom stereocenters. The van der Waals surface area contributed by atoms with Crippen molar-refractivity contribution in [1.29, 1.82) is 0 Å². The van der Waals surface area contributed by atoms with Crippen LogP contribution in [0.25, 0.3) is 0 Å². The molecular formula is C23H28FN3O5S. The third-order valence-corrected chi connectivity index (χ3v) is 7.25. The van der Waals surface area contributed by atoms with Gasteiger partial charge in [0.1, 0.15) is 11.9 Å². The standard InChI is InChI=1S/C23H28FN3O5S/c1-16(2)21(26-22(28)18-5-7-19(24)8-6-18)23(29)25-15-17-3-9-20(10-4-17)33(30,31)27-11-13-32-14-12-27/h3-10,16,21H,11-15H2,1-2H3,(H,25,29)(H,26,28)/t21-/m0/s1. The molecule has 2 aromatic carbocycles. The summed E-state index contributed by atoms with van der Waals surface area (Å²) in [7, 11) is -3.58. The average molecular weight is 478 g/mol. The maximum absolute atomic E-state index is 13.1. The van der Waals surface area contributed by atoms with E-state index in [9.17, 15) is 22.4 Å². The van der Waals surface area contributed by atoms with Crippen LogP contribution >= 0.6 is 0 Å². The molecule has 8 nitrogen and oxygen atoms in total. The molecule has 2 aromatic rings. The first-order chi connectivity index (χ1) is 15.7. The average Bonchev–Trinajstić information content (AvgIpc) is 2.82. The van der Waals surface area contributed by atoms with Crippen LogP contribution in [0.1, 0.15) is 29.8 Å². The number of halogens is 1. The number of nitrogens with zero attached hydrogens (tertiary/aromatic N) is 1. The smallest absolute Gasteiger partial charge is 0.251 e. The van der Waals surface area contributed by atoms with Gasteiger partial charge in [0.05, 0.1) is 18.1 Å². The molecule has 1 aliphatic heterocycles. The van der Waals surface area contributed by atoms with E-state index in [-0.39, 0.29) is 28.8 Å². The minimum atomic E-state index is -3.58. The minimum absolute atomic E-state index is 0.173. The van der Waals surface area contributed by atoms with Crippen molar-refractivity contribution < 1.29 is 27.1 Å². The van der Waals surface area contributed by atoms with Crippen molar-refractivity contribution >= 4 is 21.8 Å². The summed E-state index contributed by atoms with van der Waals surface area (Å²) >= 11 is 0. The highest BCUT2D eigenvalue weighted by molar-refractivity contribution is 7.89. The van der Waals surface area contributed by atoms with E-state index in [1.807, 2.05) is 0 Å². The van der Waals surface area contributed by atoms with Crippen molar-refractivity contribution in [3.8, 4) is 0 Å². The first kappa shape index (κ1) is 24.8. The highest BCUT2D eigenvalue weighted by Gasteiger charge is 2.27. The maximum Gasteiger partial charge on any atom is 0.251 e. The van der Waals surface area contributed by atoms with E-state index in [0.29, 0.717) is 26.3 Å². The molecule has 0 aliphatic carbocycles. The number of rotatable bonds is 8. The van der Waals surface area contributed by atoms with Gasteiger partial charge in [-0.05, 0) is 47.9 Å². The fraction of sp³-hybridized carbons (Fsp3) is 0.391. The van der Waals surface area contributed by atoms with Gasteiger partial charge < -0.3 is 15.4 Å². The highest BCUT2D eigenvalue weighted by Crippen LogP contribution is 2.18. The summed E-state index contributed by atoms with van der Waals surface area (Å²) in [5.41, 5.74) is 0.976. The van der Waals surface area contributed by atoms with Gasteiger partial charge in [-0.15, -0.1) is 0 Å². The fourth-order valence-corrected chi connectivity index (χ4v) is 4.78. The molecule has 0 aromatic heterocycles. The fourth-order valence-electron chi connectivity index (χ4n) is 3.38. The van der Waals surface area contributed by atoms with E-state index >= 15 is 0 Å². The zero-order chi connectivity index (χ0) is 24.0. The van der Waals surface area contributed by atoms with Crippen molar-refractivity contribution in [2.45, 2.75) is 31.3 Å². The summed E-state index contributed by atoms with van der Waals surface area (Å²) in [6, 6.07) is 10.6. The Bertz CT molecular complexity index is 1070. The third kappa shape index (κ3) is 6.37. The Balaban J connectivity index is 1.59. The largest absolute Gasteiger partial charge is 0.379 e. The Hall–Kier alpha value is -2.82. The van der Waals surface area contributed by atoms with Crippen LogP contribution < -0.4 is 10.6 Å². The van der Waals surface area contributed by atoms with Crippen LogP contribution in [-0.2, 0) is 26.1 Å². The number of amides is 2. The maximum atomic E-state index is 13.1. The molecule has 10 heteroatoms. The molecule has 0 bridgehead atoms. The number of carbonyl (C=O) groups is 2. The molecule has 3 rings (SSSR count). The second-order valence-electron chi connectivity index (χ2n) is 8.08. The number of carbonyl (C=O) groups excluding carboxylic acids is 2. The molecule has 2 amide bonds. The first-order valence-electron chi connectivity index (χ1n) is 10.7. The molecular weight excluding hydrogens is 449 g/mol. The zero-order valence-corrected chi connectivity index (χ0v) is 19.4. The van der Waals surface area contributed by atoms with Crippen molar-refractivity contribution in [2.75, 3.05) is 26.3 Å². The molecule has 2 N–H and O–H groups in total. The minimum Gasteiger partial charge on any atom is -0.379 e. The number of benzene rings is 2. The Labute approximate surface area is 193 Å². The molecule has 0 spiro atoms. The van der Waals surface area contributed by atoms with E-state index < -0.39 is 27.8 Å². The lowest BCUT2D eigenvalue weighted by molar-refractivity contribution is -0.124. The molecule has 0 saturated carbocycles. The lowest BCUT2D eigenvalue weighted by Gasteiger charge is -2.26. The lowest BCUT2D eigenvalue weighted by Crippen LogP contribution is -2.49. The summed E-state index contributed by atoms with van der Waals surface area (Å²) in [6.07, 6.45) is 0. The second-order valence-corrected chi connectivity index (χ2v) is 10.0. The van der Waals surface area contributed by atoms with Gasteiger partial charge in [-0.3, -0.25) is 9.59 Å². The number of sulfonamides is 1. The summed E-state index contributed by atoms with van der Waals surface area (Å²) in [4.78, 5) is 25.3. The molecule has 0 radical (unpaired) electrons. The molecule has 33 heavy (non-hydrogen) atoms. The summed E-state index contributed by atoms with van der Waals surface area (Å²) in [5.74, 6) is -1.48. The lowest BCUT2D eigenvalue weighted by atomic mass is 10.0. The van der Waals surface area contributed by atoms with Gasteiger partial charge in [-0.2, -0.15) is 4.31 Å². The Morgan fingerprint density at radius 1 is 1.03 bits per heavy atom. The van der Waals surface area contributed by atoms with Gasteiger partial charge >= 0.3 is 0 Å². The molecule has 1 fully saturated rings. The quantitative estimate of drug-likeness (QED) is 0.605. The van der Waals surface area contributed by atoms with Crippen LogP contribution in [0, 0.1) is 11.7 Å². The Kier molecular flexibility index (Phi) is 8.17. The highest BCUT2D eigenvalue weighted by atomic mass is 32.2. The number of ether oxygens (including phenoxy) is 1. The molecule has 0 unspecified atom stereocenters. The summed E-state index contributed by atoms with van der Waals surface area (Å²) < 4.78 is 45.1. The van der Waals surface area contributed by atoms with Crippen molar-refractivity contribution in [3.05, 3.63) is 65.5 Å². The van der Waals surface area contributed by atoms with Crippen LogP contribution in [0.4, 0.5) is 4.39 Å². The second kappa shape index (κ2) is 10.9. The van der Waals surface area contributed by atoms with Crippen molar-refractivity contribution in [2.24, 2.45) is 5.92 Å². The van der Waals surface area contributed by atoms with E-state index in [0.717, 1.165) is 5.56 Å². The predicted octanol–water partition coefficient (Wildman–Crippen LogP) is 1.92. The third-order valence-electron chi connectivity index (χ3n) is 5.34. The van der Waals surface area contributed by atoms with E-state index in [1.54, 1.807) is 26.0 Å². The van der Waals surface area contributed by atoms with Crippen LogP contribution in [0.3, 0.4) is 0 Å². The van der Waals surface area contributed by atoms with Gasteiger partial charge in [-0.25, -0.2) is 12.8 Å². The van der Waals surface area contributed by atoms with Crippen LogP contribution in [0.5, 0.6) is 0 Å². The SMILES string of the molecule is CC(C)[C@H](NC(=O)c1ccc(F)cc1)C(=O)NCc1ccc(S(=O)(=O)N2CCOCC2)cc1. The van der Waals surface area contributed by atoms with Crippen molar-refractivity contribution in [1.82, 2.24) is 14.9 Å². The summed E-state index contributed by atoms with van der Waals surface area (Å²) in [6.45, 7) is 5.17. The van der Waals surface area contributed by atoms with Crippen molar-refractivity contribution in [3.63, 3.8) is 0 Å². The van der Waals surface area contributed by atoms with Gasteiger partial charge in [0.25, 0.3) is 5.91 Å². The predicted molar refractivity (Wildman–Crippen MR) is 120 cm³/mol. The van der Waals surface area contributed by atoms with Crippen LogP contribution in [0.2, 0.25) is 0 Å². The Morgan fingerprint density at radius 3 is 2.21 bits per heavy atom. The normalized spacial score (nSPS) is 15.8. The number of nitrogens with one attached hydrogen (secondary N) is 2.